The van der Waals surface area contributed by atoms with Crippen LogP contribution in [0.5, 0.6) is 0 Å². The SMILES string of the molecule is CCNC(=NCC(C)(C)OC)NCCc1ccn(-c2ccc(F)cc2)n1. The summed E-state index contributed by atoms with van der Waals surface area (Å²) in [5.74, 6) is 0.507. The standard InChI is InChI=1S/C19H28FN5O/c1-5-21-18(23-14-19(2,3)26-4)22-12-10-16-11-13-25(24-16)17-8-6-15(20)7-9-17/h6-9,11,13H,5,10,12,14H2,1-4H3,(H2,21,22,23). The van der Waals surface area contributed by atoms with E-state index in [1.54, 1.807) is 23.9 Å². The van der Waals surface area contributed by atoms with Gasteiger partial charge in [0.05, 0.1) is 23.5 Å². The normalized spacial score (nSPS) is 12.3. The Morgan fingerprint density at radius 1 is 1.23 bits per heavy atom. The van der Waals surface area contributed by atoms with Gasteiger partial charge in [-0.15, -0.1) is 0 Å². The number of halogens is 1. The summed E-state index contributed by atoms with van der Waals surface area (Å²) in [5, 5.41) is 11.1. The molecule has 6 nitrogen and oxygen atoms in total. The van der Waals surface area contributed by atoms with Gasteiger partial charge in [-0.2, -0.15) is 5.10 Å². The van der Waals surface area contributed by atoms with Crippen molar-refractivity contribution < 1.29 is 9.13 Å². The molecule has 0 saturated heterocycles. The Hall–Kier alpha value is -2.41. The van der Waals surface area contributed by atoms with Gasteiger partial charge in [-0.25, -0.2) is 9.07 Å². The molecule has 1 aromatic carbocycles. The van der Waals surface area contributed by atoms with E-state index in [1.807, 2.05) is 33.0 Å². The molecule has 26 heavy (non-hydrogen) atoms. The first-order valence-electron chi connectivity index (χ1n) is 8.81. The smallest absolute Gasteiger partial charge is 0.191 e. The number of rotatable bonds is 8. The lowest BCUT2D eigenvalue weighted by atomic mass is 10.1. The third kappa shape index (κ3) is 6.15. The fourth-order valence-corrected chi connectivity index (χ4v) is 2.22. The lowest BCUT2D eigenvalue weighted by Gasteiger charge is -2.21. The van der Waals surface area contributed by atoms with Crippen LogP contribution in [0.15, 0.2) is 41.5 Å². The maximum atomic E-state index is 13.0. The first kappa shape index (κ1) is 19.9. The molecule has 0 aliphatic rings. The molecule has 2 N–H and O–H groups in total. The minimum absolute atomic E-state index is 0.253. The molecule has 0 aliphatic carbocycles. The molecular formula is C19H28FN5O. The monoisotopic (exact) mass is 361 g/mol. The van der Waals surface area contributed by atoms with E-state index >= 15 is 0 Å². The number of aromatic nitrogens is 2. The predicted octanol–water partition coefficient (Wildman–Crippen LogP) is 2.53. The minimum Gasteiger partial charge on any atom is -0.377 e. The van der Waals surface area contributed by atoms with Crippen molar-refractivity contribution in [3.05, 3.63) is 48.0 Å². The molecule has 0 amide bonds. The van der Waals surface area contributed by atoms with Crippen molar-refractivity contribution in [1.29, 1.82) is 0 Å². The van der Waals surface area contributed by atoms with Gasteiger partial charge in [0.2, 0.25) is 0 Å². The van der Waals surface area contributed by atoms with E-state index in [0.29, 0.717) is 13.1 Å². The van der Waals surface area contributed by atoms with E-state index in [0.717, 1.165) is 30.3 Å². The molecule has 1 heterocycles. The summed E-state index contributed by atoms with van der Waals surface area (Å²) in [6, 6.07) is 8.23. The second kappa shape index (κ2) is 9.33. The molecule has 0 radical (unpaired) electrons. The van der Waals surface area contributed by atoms with E-state index in [-0.39, 0.29) is 11.4 Å². The van der Waals surface area contributed by atoms with Crippen molar-refractivity contribution in [2.24, 2.45) is 4.99 Å². The van der Waals surface area contributed by atoms with E-state index in [2.05, 4.69) is 20.7 Å². The fraction of sp³-hybridized carbons (Fsp3) is 0.474. The van der Waals surface area contributed by atoms with E-state index in [9.17, 15) is 4.39 Å². The van der Waals surface area contributed by atoms with E-state index < -0.39 is 0 Å². The molecule has 2 aromatic rings. The molecule has 0 atom stereocenters. The Morgan fingerprint density at radius 3 is 2.62 bits per heavy atom. The summed E-state index contributed by atoms with van der Waals surface area (Å²) >= 11 is 0. The summed E-state index contributed by atoms with van der Waals surface area (Å²) < 4.78 is 20.1. The average molecular weight is 361 g/mol. The number of hydrogen-bond donors (Lipinski definition) is 2. The van der Waals surface area contributed by atoms with Gasteiger partial charge in [0, 0.05) is 32.8 Å². The van der Waals surface area contributed by atoms with Crippen LogP contribution in [0, 0.1) is 5.82 Å². The zero-order valence-corrected chi connectivity index (χ0v) is 15.9. The van der Waals surface area contributed by atoms with Crippen LogP contribution in [-0.4, -0.2) is 48.1 Å². The summed E-state index contributed by atoms with van der Waals surface area (Å²) in [5.41, 5.74) is 1.49. The Kier molecular flexibility index (Phi) is 7.15. The second-order valence-electron chi connectivity index (χ2n) is 6.56. The molecule has 142 valence electrons. The largest absolute Gasteiger partial charge is 0.377 e. The molecule has 7 heteroatoms. The topological polar surface area (TPSA) is 63.5 Å². The molecule has 0 spiro atoms. The number of hydrogen-bond acceptors (Lipinski definition) is 3. The highest BCUT2D eigenvalue weighted by Gasteiger charge is 2.15. The van der Waals surface area contributed by atoms with Crippen LogP contribution in [0.3, 0.4) is 0 Å². The van der Waals surface area contributed by atoms with Gasteiger partial charge >= 0.3 is 0 Å². The number of aliphatic imine (C=N–C) groups is 1. The highest BCUT2D eigenvalue weighted by molar-refractivity contribution is 5.79. The Bertz CT molecular complexity index is 709. The van der Waals surface area contributed by atoms with Crippen LogP contribution in [0.4, 0.5) is 4.39 Å². The average Bonchev–Trinajstić information content (AvgIpc) is 3.09. The second-order valence-corrected chi connectivity index (χ2v) is 6.56. The third-order valence-corrected chi connectivity index (χ3v) is 3.92. The van der Waals surface area contributed by atoms with Gasteiger partial charge in [0.25, 0.3) is 0 Å². The lowest BCUT2D eigenvalue weighted by Crippen LogP contribution is -2.40. The zero-order chi connectivity index (χ0) is 19.0. The number of methoxy groups -OCH3 is 1. The van der Waals surface area contributed by atoms with Gasteiger partial charge in [-0.05, 0) is 51.1 Å². The number of nitrogens with zero attached hydrogens (tertiary/aromatic N) is 3. The number of benzene rings is 1. The minimum atomic E-state index is -0.295. The fourth-order valence-electron chi connectivity index (χ4n) is 2.22. The first-order chi connectivity index (χ1) is 12.4. The van der Waals surface area contributed by atoms with Crippen molar-refractivity contribution in [2.45, 2.75) is 32.8 Å². The van der Waals surface area contributed by atoms with E-state index in [4.69, 9.17) is 4.74 Å². The quantitative estimate of drug-likeness (QED) is 0.560. The van der Waals surface area contributed by atoms with Gasteiger partial charge < -0.3 is 15.4 Å². The van der Waals surface area contributed by atoms with Crippen molar-refractivity contribution in [3.63, 3.8) is 0 Å². The highest BCUT2D eigenvalue weighted by atomic mass is 19.1. The highest BCUT2D eigenvalue weighted by Crippen LogP contribution is 2.09. The molecule has 0 fully saturated rings. The summed E-state index contributed by atoms with van der Waals surface area (Å²) in [6.07, 6.45) is 2.63. The Morgan fingerprint density at radius 2 is 1.96 bits per heavy atom. The van der Waals surface area contributed by atoms with Gasteiger partial charge in [0.15, 0.2) is 5.96 Å². The van der Waals surface area contributed by atoms with Crippen LogP contribution >= 0.6 is 0 Å². The van der Waals surface area contributed by atoms with Crippen LogP contribution in [-0.2, 0) is 11.2 Å². The number of nitrogens with one attached hydrogen (secondary N) is 2. The van der Waals surface area contributed by atoms with E-state index in [1.165, 1.54) is 12.1 Å². The molecule has 1 aromatic heterocycles. The predicted molar refractivity (Wildman–Crippen MR) is 102 cm³/mol. The lowest BCUT2D eigenvalue weighted by molar-refractivity contribution is 0.0310. The van der Waals surface area contributed by atoms with Gasteiger partial charge in [0.1, 0.15) is 5.82 Å². The number of guanidine groups is 1. The molecule has 0 unspecified atom stereocenters. The van der Waals surface area contributed by atoms with Crippen molar-refractivity contribution in [1.82, 2.24) is 20.4 Å². The first-order valence-corrected chi connectivity index (χ1v) is 8.81. The van der Waals surface area contributed by atoms with Crippen LogP contribution in [0.2, 0.25) is 0 Å². The van der Waals surface area contributed by atoms with Crippen LogP contribution < -0.4 is 10.6 Å². The summed E-state index contributed by atoms with van der Waals surface area (Å²) in [6.45, 7) is 8.10. The molecule has 0 saturated carbocycles. The maximum absolute atomic E-state index is 13.0. The molecular weight excluding hydrogens is 333 g/mol. The number of ether oxygens (including phenoxy) is 1. The van der Waals surface area contributed by atoms with Crippen molar-refractivity contribution in [2.75, 3.05) is 26.7 Å². The van der Waals surface area contributed by atoms with Gasteiger partial charge in [-0.1, -0.05) is 0 Å². The molecule has 0 bridgehead atoms. The molecule has 2 rings (SSSR count). The van der Waals surface area contributed by atoms with Crippen LogP contribution in [0.25, 0.3) is 5.69 Å². The zero-order valence-electron chi connectivity index (χ0n) is 15.9. The van der Waals surface area contributed by atoms with Crippen molar-refractivity contribution >= 4 is 5.96 Å². The Labute approximate surface area is 154 Å². The van der Waals surface area contributed by atoms with Crippen molar-refractivity contribution in [3.8, 4) is 5.69 Å². The summed E-state index contributed by atoms with van der Waals surface area (Å²) in [4.78, 5) is 4.56. The summed E-state index contributed by atoms with van der Waals surface area (Å²) in [7, 11) is 1.69. The third-order valence-electron chi connectivity index (χ3n) is 3.92. The van der Waals surface area contributed by atoms with Crippen LogP contribution in [0.1, 0.15) is 26.5 Å². The maximum Gasteiger partial charge on any atom is 0.191 e. The Balaban J connectivity index is 1.89. The molecule has 0 aliphatic heterocycles. The van der Waals surface area contributed by atoms with Gasteiger partial charge in [-0.3, -0.25) is 4.99 Å².